The first-order valence-electron chi connectivity index (χ1n) is 7.10. The molecule has 0 radical (unpaired) electrons. The molecule has 0 amide bonds. The molecular formula is C14H19N3O2S. The Morgan fingerprint density at radius 2 is 2.20 bits per heavy atom. The van der Waals surface area contributed by atoms with Crippen molar-refractivity contribution in [3.63, 3.8) is 0 Å². The van der Waals surface area contributed by atoms with Gasteiger partial charge in [0.05, 0.1) is 10.6 Å². The minimum atomic E-state index is 0.392. The number of nitrogens with zero attached hydrogens (tertiary/aromatic N) is 2. The fourth-order valence-corrected chi connectivity index (χ4v) is 3.70. The van der Waals surface area contributed by atoms with Crippen LogP contribution in [0.4, 0.5) is 5.00 Å². The Morgan fingerprint density at radius 1 is 1.35 bits per heavy atom. The lowest BCUT2D eigenvalue weighted by Crippen LogP contribution is -2.00. The first kappa shape index (κ1) is 13.6. The minimum Gasteiger partial charge on any atom is -0.390 e. The Hall–Kier alpha value is -1.40. The zero-order chi connectivity index (χ0) is 13.9. The number of thiophene rings is 1. The summed E-state index contributed by atoms with van der Waals surface area (Å²) in [6.45, 7) is 3.17. The van der Waals surface area contributed by atoms with Crippen molar-refractivity contribution in [1.82, 2.24) is 10.1 Å². The average Bonchev–Trinajstić information content (AvgIpc) is 3.02. The van der Waals surface area contributed by atoms with Crippen LogP contribution in [0.2, 0.25) is 0 Å². The molecule has 108 valence electrons. The van der Waals surface area contributed by atoms with Crippen LogP contribution >= 0.6 is 11.3 Å². The number of aromatic nitrogens is 2. The number of fused-ring (bicyclic) bond motifs is 1. The molecule has 0 spiro atoms. The number of ether oxygens (including phenoxy) is 1. The largest absolute Gasteiger partial charge is 0.390 e. The first-order chi connectivity index (χ1) is 9.79. The summed E-state index contributed by atoms with van der Waals surface area (Å²) in [5, 5.41) is 4.77. The zero-order valence-corrected chi connectivity index (χ0v) is 12.5. The standard InChI is InChI=1S/C14H19N3O2S/c1-2-7-18-8-11-16-14(19-17-11)12-9-5-3-4-6-10(9)20-13(12)15/h2-8,15H2,1H3. The molecule has 2 heterocycles. The lowest BCUT2D eigenvalue weighted by Gasteiger charge is -2.10. The molecule has 1 aliphatic rings. The second-order valence-corrected chi connectivity index (χ2v) is 6.16. The van der Waals surface area contributed by atoms with Crippen LogP contribution in [0.5, 0.6) is 0 Å². The third-order valence-corrected chi connectivity index (χ3v) is 4.58. The van der Waals surface area contributed by atoms with Gasteiger partial charge in [0.2, 0.25) is 0 Å². The van der Waals surface area contributed by atoms with Gasteiger partial charge in [-0.1, -0.05) is 12.1 Å². The van der Waals surface area contributed by atoms with E-state index in [0.717, 1.165) is 29.8 Å². The molecular weight excluding hydrogens is 274 g/mol. The van der Waals surface area contributed by atoms with E-state index in [1.807, 2.05) is 0 Å². The summed E-state index contributed by atoms with van der Waals surface area (Å²) >= 11 is 1.66. The molecule has 0 bridgehead atoms. The lowest BCUT2D eigenvalue weighted by atomic mass is 9.95. The molecule has 20 heavy (non-hydrogen) atoms. The maximum atomic E-state index is 6.14. The van der Waals surface area contributed by atoms with Gasteiger partial charge >= 0.3 is 0 Å². The van der Waals surface area contributed by atoms with Crippen LogP contribution < -0.4 is 5.73 Å². The van der Waals surface area contributed by atoms with Crippen LogP contribution in [-0.2, 0) is 24.2 Å². The van der Waals surface area contributed by atoms with Gasteiger partial charge in [0.25, 0.3) is 5.89 Å². The van der Waals surface area contributed by atoms with Gasteiger partial charge in [-0.2, -0.15) is 4.98 Å². The third kappa shape index (κ3) is 2.58. The number of anilines is 1. The fraction of sp³-hybridized carbons (Fsp3) is 0.571. The van der Waals surface area contributed by atoms with Gasteiger partial charge in [-0.15, -0.1) is 11.3 Å². The van der Waals surface area contributed by atoms with E-state index in [1.165, 1.54) is 23.3 Å². The number of aryl methyl sites for hydroxylation is 1. The molecule has 0 unspecified atom stereocenters. The molecule has 6 heteroatoms. The van der Waals surface area contributed by atoms with Gasteiger partial charge < -0.3 is 15.0 Å². The van der Waals surface area contributed by atoms with Crippen molar-refractivity contribution in [1.29, 1.82) is 0 Å². The van der Waals surface area contributed by atoms with Crippen LogP contribution in [0, 0.1) is 0 Å². The average molecular weight is 293 g/mol. The van der Waals surface area contributed by atoms with Gasteiger partial charge in [-0.05, 0) is 37.7 Å². The van der Waals surface area contributed by atoms with E-state index in [2.05, 4.69) is 17.1 Å². The van der Waals surface area contributed by atoms with E-state index in [9.17, 15) is 0 Å². The van der Waals surface area contributed by atoms with Crippen molar-refractivity contribution < 1.29 is 9.26 Å². The highest BCUT2D eigenvalue weighted by Crippen LogP contribution is 2.41. The molecule has 3 rings (SSSR count). The van der Waals surface area contributed by atoms with E-state index in [0.29, 0.717) is 24.9 Å². The Bertz CT molecular complexity index is 591. The molecule has 2 N–H and O–H groups in total. The summed E-state index contributed by atoms with van der Waals surface area (Å²) in [7, 11) is 0. The number of hydrogen-bond donors (Lipinski definition) is 1. The lowest BCUT2D eigenvalue weighted by molar-refractivity contribution is 0.114. The summed E-state index contributed by atoms with van der Waals surface area (Å²) in [5.74, 6) is 1.13. The maximum Gasteiger partial charge on any atom is 0.261 e. The topological polar surface area (TPSA) is 74.2 Å². The highest BCUT2D eigenvalue weighted by molar-refractivity contribution is 7.16. The van der Waals surface area contributed by atoms with Crippen molar-refractivity contribution in [2.45, 2.75) is 45.6 Å². The Balaban J connectivity index is 1.84. The Labute approximate surface area is 122 Å². The summed E-state index contributed by atoms with van der Waals surface area (Å²) in [5.41, 5.74) is 8.41. The molecule has 0 aliphatic heterocycles. The van der Waals surface area contributed by atoms with Crippen molar-refractivity contribution in [2.24, 2.45) is 0 Å². The molecule has 2 aromatic rings. The van der Waals surface area contributed by atoms with Gasteiger partial charge in [0.15, 0.2) is 5.82 Å². The number of nitrogens with two attached hydrogens (primary N) is 1. The van der Waals surface area contributed by atoms with Crippen LogP contribution in [0.1, 0.15) is 42.5 Å². The predicted octanol–water partition coefficient (Wildman–Crippen LogP) is 3.19. The second-order valence-electron chi connectivity index (χ2n) is 5.02. The quantitative estimate of drug-likeness (QED) is 0.857. The molecule has 1 aliphatic carbocycles. The molecule has 0 aromatic carbocycles. The second kappa shape index (κ2) is 5.93. The zero-order valence-electron chi connectivity index (χ0n) is 11.6. The highest BCUT2D eigenvalue weighted by atomic mass is 32.1. The van der Waals surface area contributed by atoms with Gasteiger partial charge in [0.1, 0.15) is 6.61 Å². The minimum absolute atomic E-state index is 0.392. The predicted molar refractivity (Wildman–Crippen MR) is 78.6 cm³/mol. The summed E-state index contributed by atoms with van der Waals surface area (Å²) in [6, 6.07) is 0. The van der Waals surface area contributed by atoms with Crippen molar-refractivity contribution >= 4 is 16.3 Å². The van der Waals surface area contributed by atoms with E-state index in [-0.39, 0.29) is 0 Å². The first-order valence-corrected chi connectivity index (χ1v) is 7.92. The van der Waals surface area contributed by atoms with Gasteiger partial charge in [0, 0.05) is 11.5 Å². The molecule has 5 nitrogen and oxygen atoms in total. The molecule has 0 saturated carbocycles. The van der Waals surface area contributed by atoms with Crippen LogP contribution in [0.25, 0.3) is 11.5 Å². The van der Waals surface area contributed by atoms with Crippen molar-refractivity contribution in [3.05, 3.63) is 16.3 Å². The smallest absolute Gasteiger partial charge is 0.261 e. The monoisotopic (exact) mass is 293 g/mol. The highest BCUT2D eigenvalue weighted by Gasteiger charge is 2.24. The number of nitrogen functional groups attached to an aromatic ring is 1. The number of rotatable bonds is 5. The normalized spacial score (nSPS) is 14.4. The van der Waals surface area contributed by atoms with E-state index >= 15 is 0 Å². The summed E-state index contributed by atoms with van der Waals surface area (Å²) < 4.78 is 10.8. The van der Waals surface area contributed by atoms with E-state index < -0.39 is 0 Å². The summed E-state index contributed by atoms with van der Waals surface area (Å²) in [4.78, 5) is 5.80. The van der Waals surface area contributed by atoms with E-state index in [1.54, 1.807) is 11.3 Å². The number of hydrogen-bond acceptors (Lipinski definition) is 6. The molecule has 0 atom stereocenters. The fourth-order valence-electron chi connectivity index (χ4n) is 2.54. The molecule has 0 fully saturated rings. The molecule has 2 aromatic heterocycles. The Kier molecular flexibility index (Phi) is 4.03. The van der Waals surface area contributed by atoms with E-state index in [4.69, 9.17) is 15.0 Å². The van der Waals surface area contributed by atoms with Crippen LogP contribution in [0.15, 0.2) is 4.52 Å². The van der Waals surface area contributed by atoms with Crippen molar-refractivity contribution in [3.8, 4) is 11.5 Å². The molecule has 0 saturated heterocycles. The summed E-state index contributed by atoms with van der Waals surface area (Å²) in [6.07, 6.45) is 5.60. The van der Waals surface area contributed by atoms with Gasteiger partial charge in [-0.3, -0.25) is 0 Å². The SMILES string of the molecule is CCCOCc1noc(-c2c(N)sc3c2CCCC3)n1. The van der Waals surface area contributed by atoms with Crippen molar-refractivity contribution in [2.75, 3.05) is 12.3 Å². The third-order valence-electron chi connectivity index (χ3n) is 3.46. The Morgan fingerprint density at radius 3 is 3.05 bits per heavy atom. The maximum absolute atomic E-state index is 6.14. The van der Waals surface area contributed by atoms with Crippen LogP contribution in [-0.4, -0.2) is 16.7 Å². The van der Waals surface area contributed by atoms with Crippen LogP contribution in [0.3, 0.4) is 0 Å². The van der Waals surface area contributed by atoms with Gasteiger partial charge in [-0.25, -0.2) is 0 Å².